The molecular formula is C30H31N9. The highest BCUT2D eigenvalue weighted by Gasteiger charge is 2.30. The molecule has 2 aliphatic rings. The molecule has 9 heteroatoms. The highest BCUT2D eigenvalue weighted by Crippen LogP contribution is 2.37. The van der Waals surface area contributed by atoms with Gasteiger partial charge in [-0.05, 0) is 43.2 Å². The number of nitriles is 1. The van der Waals surface area contributed by atoms with Crippen molar-refractivity contribution in [2.24, 2.45) is 5.92 Å². The minimum absolute atomic E-state index is 0.307. The lowest BCUT2D eigenvalue weighted by atomic mass is 9.96. The van der Waals surface area contributed by atoms with E-state index in [-0.39, 0.29) is 0 Å². The van der Waals surface area contributed by atoms with Gasteiger partial charge in [0, 0.05) is 98.5 Å². The predicted octanol–water partition coefficient (Wildman–Crippen LogP) is 3.98. The van der Waals surface area contributed by atoms with Crippen LogP contribution in [-0.4, -0.2) is 63.4 Å². The molecule has 9 nitrogen and oxygen atoms in total. The molecule has 6 rings (SSSR count). The fourth-order valence-electron chi connectivity index (χ4n) is 5.21. The highest BCUT2D eigenvalue weighted by atomic mass is 15.3. The van der Waals surface area contributed by atoms with Gasteiger partial charge >= 0.3 is 0 Å². The Balaban J connectivity index is 1.26. The van der Waals surface area contributed by atoms with Gasteiger partial charge in [0.05, 0.1) is 23.0 Å². The molecule has 0 unspecified atom stereocenters. The Kier molecular flexibility index (Phi) is 6.78. The fourth-order valence-corrected chi connectivity index (χ4v) is 5.21. The number of rotatable bonds is 8. The molecular weight excluding hydrogens is 486 g/mol. The van der Waals surface area contributed by atoms with Gasteiger partial charge in [0.25, 0.3) is 0 Å². The van der Waals surface area contributed by atoms with E-state index >= 15 is 0 Å². The summed E-state index contributed by atoms with van der Waals surface area (Å²) in [5, 5.41) is 26.1. The first-order chi connectivity index (χ1) is 19.1. The Hall–Kier alpha value is -4.55. The van der Waals surface area contributed by atoms with Crippen molar-refractivity contribution in [2.75, 3.05) is 38.1 Å². The van der Waals surface area contributed by atoms with Crippen molar-refractivity contribution in [1.29, 1.82) is 10.7 Å². The van der Waals surface area contributed by atoms with Crippen molar-refractivity contribution >= 4 is 22.6 Å². The molecule has 1 aliphatic carbocycles. The Labute approximate surface area is 227 Å². The van der Waals surface area contributed by atoms with Crippen LogP contribution in [0.3, 0.4) is 0 Å². The first-order valence-corrected chi connectivity index (χ1v) is 13.4. The molecule has 196 valence electrons. The third kappa shape index (κ3) is 5.11. The summed E-state index contributed by atoms with van der Waals surface area (Å²) in [5.41, 5.74) is 6.54. The van der Waals surface area contributed by atoms with Crippen molar-refractivity contribution in [1.82, 2.24) is 29.8 Å². The molecule has 1 saturated heterocycles. The summed E-state index contributed by atoms with van der Waals surface area (Å²) < 4.78 is 1.75. The molecule has 0 amide bonds. The molecule has 2 fully saturated rings. The summed E-state index contributed by atoms with van der Waals surface area (Å²) in [6.45, 7) is 4.58. The molecule has 0 aromatic carbocycles. The van der Waals surface area contributed by atoms with Gasteiger partial charge < -0.3 is 15.6 Å². The number of hydrogen-bond donors (Lipinski definition) is 2. The number of nitrogens with zero attached hydrogens (tertiary/aromatic N) is 7. The van der Waals surface area contributed by atoms with Crippen LogP contribution in [0.1, 0.15) is 29.7 Å². The second kappa shape index (κ2) is 10.7. The Morgan fingerprint density at radius 3 is 2.64 bits per heavy atom. The van der Waals surface area contributed by atoms with E-state index in [1.807, 2.05) is 44.0 Å². The number of hydrogen-bond acceptors (Lipinski definition) is 8. The van der Waals surface area contributed by atoms with Crippen molar-refractivity contribution in [3.63, 3.8) is 0 Å². The molecule has 0 atom stereocenters. The average molecular weight is 518 g/mol. The van der Waals surface area contributed by atoms with Crippen LogP contribution in [0, 0.1) is 22.7 Å². The third-order valence-electron chi connectivity index (χ3n) is 7.47. The van der Waals surface area contributed by atoms with Gasteiger partial charge in [-0.2, -0.15) is 10.4 Å². The van der Waals surface area contributed by atoms with Gasteiger partial charge in [0.1, 0.15) is 11.9 Å². The highest BCUT2D eigenvalue weighted by molar-refractivity contribution is 6.24. The number of anilines is 1. The zero-order chi connectivity index (χ0) is 26.8. The molecule has 1 saturated carbocycles. The summed E-state index contributed by atoms with van der Waals surface area (Å²) >= 11 is 0. The molecule has 1 aliphatic heterocycles. The number of piperazine rings is 1. The molecule has 0 spiro atoms. The Bertz CT molecular complexity index is 1550. The van der Waals surface area contributed by atoms with E-state index in [1.54, 1.807) is 10.7 Å². The summed E-state index contributed by atoms with van der Waals surface area (Å²) in [5.74, 6) is 1.25. The van der Waals surface area contributed by atoms with E-state index in [0.29, 0.717) is 17.2 Å². The van der Waals surface area contributed by atoms with Crippen LogP contribution in [0.5, 0.6) is 0 Å². The maximum Gasteiger partial charge on any atom is 0.128 e. The van der Waals surface area contributed by atoms with Crippen LogP contribution in [0.15, 0.2) is 67.4 Å². The Morgan fingerprint density at radius 2 is 1.97 bits per heavy atom. The topological polar surface area (TPSA) is 109 Å². The maximum absolute atomic E-state index is 9.77. The molecule has 0 bridgehead atoms. The minimum Gasteiger partial charge on any atom is -0.393 e. The molecule has 4 aromatic heterocycles. The fraction of sp³-hybridized carbons (Fsp3) is 0.300. The third-order valence-corrected chi connectivity index (χ3v) is 7.47. The standard InChI is InChI=1S/C30H31N9/c1-33-18-27(29(32)21-5-6-21)23-14-26(30-24(15-31)17-36-39(30)19-23)22-7-8-28(35-16-22)38-12-10-37(11-13-38)20-25-4-2-3-9-34-25/h2-4,7-9,14,16-19,21,32-33H,5-6,10-13,20H2,1H3/b27-18-,32-29?. The lowest BCUT2D eigenvalue weighted by Crippen LogP contribution is -2.46. The monoisotopic (exact) mass is 517 g/mol. The number of allylic oxidation sites excluding steroid dienone is 1. The van der Waals surface area contributed by atoms with E-state index in [2.05, 4.69) is 55.5 Å². The van der Waals surface area contributed by atoms with Crippen molar-refractivity contribution in [3.05, 3.63) is 84.2 Å². The van der Waals surface area contributed by atoms with Gasteiger partial charge in [-0.3, -0.25) is 9.88 Å². The summed E-state index contributed by atoms with van der Waals surface area (Å²) in [4.78, 5) is 14.0. The van der Waals surface area contributed by atoms with Crippen LogP contribution in [0.25, 0.3) is 22.2 Å². The first kappa shape index (κ1) is 24.8. The zero-order valence-corrected chi connectivity index (χ0v) is 22.0. The van der Waals surface area contributed by atoms with E-state index in [1.165, 1.54) is 0 Å². The Morgan fingerprint density at radius 1 is 1.13 bits per heavy atom. The van der Waals surface area contributed by atoms with Gasteiger partial charge in [0.15, 0.2) is 0 Å². The number of aromatic nitrogens is 4. The molecule has 39 heavy (non-hydrogen) atoms. The van der Waals surface area contributed by atoms with Crippen molar-refractivity contribution in [2.45, 2.75) is 19.4 Å². The van der Waals surface area contributed by atoms with Gasteiger partial charge in [-0.25, -0.2) is 9.50 Å². The number of nitrogens with one attached hydrogen (secondary N) is 2. The van der Waals surface area contributed by atoms with Crippen LogP contribution >= 0.6 is 0 Å². The minimum atomic E-state index is 0.307. The van der Waals surface area contributed by atoms with Gasteiger partial charge in [0.2, 0.25) is 0 Å². The lowest BCUT2D eigenvalue weighted by Gasteiger charge is -2.35. The first-order valence-electron chi connectivity index (χ1n) is 13.4. The maximum atomic E-state index is 9.77. The van der Waals surface area contributed by atoms with Gasteiger partial charge in [-0.1, -0.05) is 6.07 Å². The van der Waals surface area contributed by atoms with Crippen LogP contribution in [0.4, 0.5) is 5.82 Å². The zero-order valence-electron chi connectivity index (χ0n) is 22.0. The van der Waals surface area contributed by atoms with E-state index in [9.17, 15) is 5.26 Å². The smallest absolute Gasteiger partial charge is 0.128 e. The summed E-state index contributed by atoms with van der Waals surface area (Å²) in [7, 11) is 1.85. The molecule has 2 N–H and O–H groups in total. The van der Waals surface area contributed by atoms with Crippen LogP contribution < -0.4 is 10.2 Å². The lowest BCUT2D eigenvalue weighted by molar-refractivity contribution is 0.246. The SMILES string of the molecule is CN/C=C(\C(=N)C1CC1)c1cc(-c2ccc(N3CCN(Cc4ccccn4)CC3)nc2)c2c(C#N)cnn2c1. The van der Waals surface area contributed by atoms with Crippen LogP contribution in [-0.2, 0) is 6.54 Å². The van der Waals surface area contributed by atoms with E-state index in [4.69, 9.17) is 10.4 Å². The second-order valence-corrected chi connectivity index (χ2v) is 10.1. The van der Waals surface area contributed by atoms with E-state index in [0.717, 1.165) is 84.9 Å². The number of pyridine rings is 3. The number of fused-ring (bicyclic) bond motifs is 1. The molecule has 0 radical (unpaired) electrons. The molecule has 4 aromatic rings. The van der Waals surface area contributed by atoms with Gasteiger partial charge in [-0.15, -0.1) is 0 Å². The average Bonchev–Trinajstić information content (AvgIpc) is 3.75. The van der Waals surface area contributed by atoms with Crippen molar-refractivity contribution in [3.8, 4) is 17.2 Å². The second-order valence-electron chi connectivity index (χ2n) is 10.1. The quantitative estimate of drug-likeness (QED) is 0.340. The predicted molar refractivity (Wildman–Crippen MR) is 152 cm³/mol. The summed E-state index contributed by atoms with van der Waals surface area (Å²) in [6, 6.07) is 14.5. The largest absolute Gasteiger partial charge is 0.393 e. The molecule has 5 heterocycles. The summed E-state index contributed by atoms with van der Waals surface area (Å²) in [6.07, 6.45) is 11.2. The van der Waals surface area contributed by atoms with Crippen molar-refractivity contribution < 1.29 is 0 Å². The van der Waals surface area contributed by atoms with Crippen LogP contribution in [0.2, 0.25) is 0 Å². The van der Waals surface area contributed by atoms with E-state index < -0.39 is 0 Å². The normalized spacial score (nSPS) is 16.3.